The van der Waals surface area contributed by atoms with Crippen molar-refractivity contribution in [2.45, 2.75) is 25.7 Å². The number of nitrogens with one attached hydrogen (secondary N) is 1. The standard InChI is InChI=1S/C23H27N3O3.ClH/c1-29-22(28)15-17-10-12-26(13-11-17)21(27)14-16-2-4-18(5-3-16)19-6-8-20(9-7-19)23(24)25;/h2-9,17H,10-15H2,1H3,(H3,24,25);1H. The van der Waals surface area contributed by atoms with Crippen molar-refractivity contribution in [2.75, 3.05) is 20.2 Å². The summed E-state index contributed by atoms with van der Waals surface area (Å²) in [5.41, 5.74) is 9.27. The van der Waals surface area contributed by atoms with Crippen LogP contribution in [0.25, 0.3) is 11.1 Å². The van der Waals surface area contributed by atoms with Crippen molar-refractivity contribution in [3.05, 3.63) is 59.7 Å². The zero-order chi connectivity index (χ0) is 20.8. The van der Waals surface area contributed by atoms with Gasteiger partial charge in [0.25, 0.3) is 0 Å². The quantitative estimate of drug-likeness (QED) is 0.417. The van der Waals surface area contributed by atoms with E-state index < -0.39 is 0 Å². The maximum Gasteiger partial charge on any atom is 0.305 e. The number of halogens is 1. The first-order valence-corrected chi connectivity index (χ1v) is 9.84. The Labute approximate surface area is 183 Å². The number of likely N-dealkylation sites (tertiary alicyclic amines) is 1. The van der Waals surface area contributed by atoms with E-state index in [4.69, 9.17) is 15.9 Å². The fourth-order valence-electron chi connectivity index (χ4n) is 3.65. The molecule has 0 atom stereocenters. The van der Waals surface area contributed by atoms with Crippen LogP contribution < -0.4 is 5.73 Å². The molecule has 7 heteroatoms. The summed E-state index contributed by atoms with van der Waals surface area (Å²) >= 11 is 0. The van der Waals surface area contributed by atoms with E-state index in [0.717, 1.165) is 29.5 Å². The molecule has 1 heterocycles. The second kappa shape index (κ2) is 10.8. The molecular formula is C23H28ClN3O3. The molecule has 6 nitrogen and oxygen atoms in total. The lowest BCUT2D eigenvalue weighted by Gasteiger charge is -2.31. The third-order valence-electron chi connectivity index (χ3n) is 5.49. The van der Waals surface area contributed by atoms with Crippen molar-refractivity contribution in [1.82, 2.24) is 4.90 Å². The second-order valence-electron chi connectivity index (χ2n) is 7.47. The zero-order valence-corrected chi connectivity index (χ0v) is 17.9. The van der Waals surface area contributed by atoms with Crippen molar-refractivity contribution in [2.24, 2.45) is 11.7 Å². The normalized spacial score (nSPS) is 14.0. The summed E-state index contributed by atoms with van der Waals surface area (Å²) in [6, 6.07) is 15.5. The summed E-state index contributed by atoms with van der Waals surface area (Å²) in [6.45, 7) is 1.39. The van der Waals surface area contributed by atoms with Crippen LogP contribution in [-0.2, 0) is 20.7 Å². The van der Waals surface area contributed by atoms with Crippen molar-refractivity contribution >= 4 is 30.1 Å². The molecule has 0 unspecified atom stereocenters. The Morgan fingerprint density at radius 1 is 1.03 bits per heavy atom. The molecule has 1 aliphatic heterocycles. The van der Waals surface area contributed by atoms with Gasteiger partial charge in [-0.05, 0) is 35.4 Å². The number of amidine groups is 1. The number of piperidine rings is 1. The largest absolute Gasteiger partial charge is 0.469 e. The molecule has 1 amide bonds. The van der Waals surface area contributed by atoms with Crippen LogP contribution in [0.3, 0.4) is 0 Å². The van der Waals surface area contributed by atoms with E-state index >= 15 is 0 Å². The first-order valence-electron chi connectivity index (χ1n) is 9.84. The first-order chi connectivity index (χ1) is 14.0. The summed E-state index contributed by atoms with van der Waals surface area (Å²) in [5.74, 6) is 0.311. The Kier molecular flexibility index (Phi) is 8.42. The van der Waals surface area contributed by atoms with E-state index in [-0.39, 0.29) is 30.1 Å². The van der Waals surface area contributed by atoms with Crippen LogP contribution in [0.1, 0.15) is 30.4 Å². The molecule has 2 aromatic rings. The summed E-state index contributed by atoms with van der Waals surface area (Å²) in [6.07, 6.45) is 2.50. The van der Waals surface area contributed by atoms with E-state index in [1.165, 1.54) is 7.11 Å². The third-order valence-corrected chi connectivity index (χ3v) is 5.49. The number of hydrogen-bond acceptors (Lipinski definition) is 4. The molecular weight excluding hydrogens is 402 g/mol. The Hall–Kier alpha value is -2.86. The number of hydrogen-bond donors (Lipinski definition) is 2. The van der Waals surface area contributed by atoms with Gasteiger partial charge < -0.3 is 15.4 Å². The molecule has 0 aliphatic carbocycles. The van der Waals surface area contributed by atoms with E-state index in [2.05, 4.69) is 0 Å². The SMILES string of the molecule is COC(=O)CC1CCN(C(=O)Cc2ccc(-c3ccc(C(=N)N)cc3)cc2)CC1.Cl. The van der Waals surface area contributed by atoms with Crippen LogP contribution in [0.2, 0.25) is 0 Å². The number of esters is 1. The van der Waals surface area contributed by atoms with Crippen LogP contribution in [0.4, 0.5) is 0 Å². The Morgan fingerprint density at radius 2 is 1.57 bits per heavy atom. The van der Waals surface area contributed by atoms with Gasteiger partial charge >= 0.3 is 5.97 Å². The highest BCUT2D eigenvalue weighted by Crippen LogP contribution is 2.23. The molecule has 2 aromatic carbocycles. The lowest BCUT2D eigenvalue weighted by atomic mass is 9.93. The van der Waals surface area contributed by atoms with E-state index in [9.17, 15) is 9.59 Å². The summed E-state index contributed by atoms with van der Waals surface area (Å²) in [4.78, 5) is 25.9. The smallest absolute Gasteiger partial charge is 0.305 e. The van der Waals surface area contributed by atoms with E-state index in [1.54, 1.807) is 0 Å². The fraction of sp³-hybridized carbons (Fsp3) is 0.348. The van der Waals surface area contributed by atoms with E-state index in [1.807, 2.05) is 53.4 Å². The topological polar surface area (TPSA) is 96.5 Å². The van der Waals surface area contributed by atoms with Gasteiger partial charge in [-0.2, -0.15) is 0 Å². The van der Waals surface area contributed by atoms with Gasteiger partial charge in [-0.1, -0.05) is 48.5 Å². The van der Waals surface area contributed by atoms with Gasteiger partial charge in [0.2, 0.25) is 5.91 Å². The number of nitrogens with two attached hydrogens (primary N) is 1. The Balaban J connectivity index is 0.00000320. The Bertz CT molecular complexity index is 874. The number of benzene rings is 2. The molecule has 1 fully saturated rings. The summed E-state index contributed by atoms with van der Waals surface area (Å²) in [7, 11) is 1.41. The minimum absolute atomic E-state index is 0. The minimum Gasteiger partial charge on any atom is -0.469 e. The van der Waals surface area contributed by atoms with Crippen LogP contribution in [-0.4, -0.2) is 42.8 Å². The van der Waals surface area contributed by atoms with Gasteiger partial charge in [0.15, 0.2) is 0 Å². The predicted molar refractivity (Wildman–Crippen MR) is 120 cm³/mol. The minimum atomic E-state index is -0.175. The predicted octanol–water partition coefficient (Wildman–Crippen LogP) is 3.40. The van der Waals surface area contributed by atoms with Crippen molar-refractivity contribution in [1.29, 1.82) is 5.41 Å². The lowest BCUT2D eigenvalue weighted by Crippen LogP contribution is -2.39. The highest BCUT2D eigenvalue weighted by Gasteiger charge is 2.24. The number of carbonyl (C=O) groups is 2. The molecule has 0 radical (unpaired) electrons. The third kappa shape index (κ3) is 6.07. The van der Waals surface area contributed by atoms with Crippen LogP contribution in [0.15, 0.2) is 48.5 Å². The molecule has 1 aliphatic rings. The maximum atomic E-state index is 12.6. The molecule has 160 valence electrons. The Morgan fingerprint density at radius 3 is 2.07 bits per heavy atom. The van der Waals surface area contributed by atoms with Crippen LogP contribution >= 0.6 is 12.4 Å². The molecule has 0 bridgehead atoms. The van der Waals surface area contributed by atoms with Crippen LogP contribution in [0.5, 0.6) is 0 Å². The lowest BCUT2D eigenvalue weighted by molar-refractivity contribution is -0.142. The van der Waals surface area contributed by atoms with Gasteiger partial charge in [-0.25, -0.2) is 0 Å². The average Bonchev–Trinajstić information content (AvgIpc) is 2.74. The van der Waals surface area contributed by atoms with Crippen molar-refractivity contribution < 1.29 is 14.3 Å². The monoisotopic (exact) mass is 429 g/mol. The molecule has 1 saturated heterocycles. The molecule has 3 rings (SSSR count). The van der Waals surface area contributed by atoms with Crippen LogP contribution in [0, 0.1) is 11.3 Å². The van der Waals surface area contributed by atoms with Gasteiger partial charge in [0, 0.05) is 25.1 Å². The summed E-state index contributed by atoms with van der Waals surface area (Å²) < 4.78 is 4.73. The van der Waals surface area contributed by atoms with Gasteiger partial charge in [0.1, 0.15) is 5.84 Å². The van der Waals surface area contributed by atoms with Gasteiger partial charge in [0.05, 0.1) is 13.5 Å². The second-order valence-corrected chi connectivity index (χ2v) is 7.47. The molecule has 3 N–H and O–H groups in total. The van der Waals surface area contributed by atoms with E-state index in [0.29, 0.717) is 37.4 Å². The van der Waals surface area contributed by atoms with Gasteiger partial charge in [-0.15, -0.1) is 12.4 Å². The summed E-state index contributed by atoms with van der Waals surface area (Å²) in [5, 5.41) is 7.46. The number of carbonyl (C=O) groups excluding carboxylic acids is 2. The van der Waals surface area contributed by atoms with Gasteiger partial charge in [-0.3, -0.25) is 15.0 Å². The van der Waals surface area contributed by atoms with Crippen molar-refractivity contribution in [3.8, 4) is 11.1 Å². The number of nitrogen functional groups attached to an aromatic ring is 1. The number of ether oxygens (including phenoxy) is 1. The zero-order valence-electron chi connectivity index (χ0n) is 17.1. The molecule has 30 heavy (non-hydrogen) atoms. The first kappa shape index (κ1) is 23.4. The number of nitrogens with zero attached hydrogens (tertiary/aromatic N) is 1. The number of amides is 1. The molecule has 0 aromatic heterocycles. The molecule has 0 spiro atoms. The highest BCUT2D eigenvalue weighted by molar-refractivity contribution is 5.95. The highest BCUT2D eigenvalue weighted by atomic mass is 35.5. The fourth-order valence-corrected chi connectivity index (χ4v) is 3.65. The maximum absolute atomic E-state index is 12.6. The number of rotatable bonds is 6. The number of methoxy groups -OCH3 is 1. The average molecular weight is 430 g/mol. The molecule has 0 saturated carbocycles. The van der Waals surface area contributed by atoms with Crippen molar-refractivity contribution in [3.63, 3.8) is 0 Å².